The molecule has 0 radical (unpaired) electrons. The zero-order valence-corrected chi connectivity index (χ0v) is 14.1. The van der Waals surface area contributed by atoms with Crippen molar-refractivity contribution in [1.29, 1.82) is 0 Å². The fourth-order valence-electron chi connectivity index (χ4n) is 1.65. The number of aryl methyl sites for hydroxylation is 1. The van der Waals surface area contributed by atoms with Crippen molar-refractivity contribution in [2.75, 3.05) is 32.0 Å². The third kappa shape index (κ3) is 7.78. The van der Waals surface area contributed by atoms with Crippen LogP contribution >= 0.6 is 24.2 Å². The number of nitrogens with zero attached hydrogens (tertiary/aromatic N) is 1. The molecule has 0 amide bonds. The molecule has 0 heterocycles. The van der Waals surface area contributed by atoms with Crippen molar-refractivity contribution >= 4 is 30.1 Å². The standard InChI is InChI=1S/C15H23NO2S.ClH/c1-4-16(5-2)10-11-18-15(17)12-19-14-8-6-13(3)7-9-14;/h6-9H,4-5,10-12H2,1-3H3;1H. The molecule has 0 aliphatic rings. The van der Waals surface area contributed by atoms with Crippen LogP contribution in [0.4, 0.5) is 0 Å². The highest BCUT2D eigenvalue weighted by molar-refractivity contribution is 8.00. The van der Waals surface area contributed by atoms with Gasteiger partial charge < -0.3 is 9.64 Å². The number of rotatable bonds is 8. The first-order valence-electron chi connectivity index (χ1n) is 6.73. The second-order valence-electron chi connectivity index (χ2n) is 4.35. The molecule has 20 heavy (non-hydrogen) atoms. The Morgan fingerprint density at radius 2 is 1.80 bits per heavy atom. The van der Waals surface area contributed by atoms with E-state index < -0.39 is 0 Å². The summed E-state index contributed by atoms with van der Waals surface area (Å²) in [7, 11) is 0. The summed E-state index contributed by atoms with van der Waals surface area (Å²) in [5.41, 5.74) is 1.23. The third-order valence-corrected chi connectivity index (χ3v) is 3.93. The molecule has 0 aliphatic heterocycles. The van der Waals surface area contributed by atoms with Crippen LogP contribution in [-0.2, 0) is 9.53 Å². The van der Waals surface area contributed by atoms with Gasteiger partial charge in [0.2, 0.25) is 0 Å². The summed E-state index contributed by atoms with van der Waals surface area (Å²) >= 11 is 1.52. The molecule has 0 aromatic heterocycles. The van der Waals surface area contributed by atoms with E-state index in [1.807, 2.05) is 24.3 Å². The number of ether oxygens (including phenoxy) is 1. The quantitative estimate of drug-likeness (QED) is 0.543. The fraction of sp³-hybridized carbons (Fsp3) is 0.533. The molecule has 0 N–H and O–H groups in total. The van der Waals surface area contributed by atoms with Crippen LogP contribution in [0.2, 0.25) is 0 Å². The summed E-state index contributed by atoms with van der Waals surface area (Å²) in [6.07, 6.45) is 0. The Hall–Kier alpha value is -0.710. The van der Waals surface area contributed by atoms with Crippen molar-refractivity contribution in [3.63, 3.8) is 0 Å². The summed E-state index contributed by atoms with van der Waals surface area (Å²) < 4.78 is 5.22. The van der Waals surface area contributed by atoms with Gasteiger partial charge in [-0.3, -0.25) is 4.79 Å². The van der Waals surface area contributed by atoms with E-state index in [9.17, 15) is 4.79 Å². The van der Waals surface area contributed by atoms with Crippen molar-refractivity contribution < 1.29 is 9.53 Å². The Bertz CT molecular complexity index is 380. The van der Waals surface area contributed by atoms with Crippen molar-refractivity contribution in [2.24, 2.45) is 0 Å². The zero-order chi connectivity index (χ0) is 14.1. The van der Waals surface area contributed by atoms with Crippen LogP contribution in [0, 0.1) is 6.92 Å². The normalized spacial score (nSPS) is 10.2. The number of hydrogen-bond acceptors (Lipinski definition) is 4. The highest BCUT2D eigenvalue weighted by Gasteiger charge is 2.05. The number of carbonyl (C=O) groups is 1. The molecule has 0 atom stereocenters. The SMILES string of the molecule is CCN(CC)CCOC(=O)CSc1ccc(C)cc1.Cl. The van der Waals surface area contributed by atoms with E-state index in [1.165, 1.54) is 17.3 Å². The average Bonchev–Trinajstić information content (AvgIpc) is 2.43. The number of likely N-dealkylation sites (N-methyl/N-ethyl adjacent to an activating group) is 1. The lowest BCUT2D eigenvalue weighted by atomic mass is 10.2. The molecule has 3 nitrogen and oxygen atoms in total. The van der Waals surface area contributed by atoms with Crippen LogP contribution in [0.1, 0.15) is 19.4 Å². The van der Waals surface area contributed by atoms with E-state index in [-0.39, 0.29) is 18.4 Å². The highest BCUT2D eigenvalue weighted by Crippen LogP contribution is 2.18. The first-order valence-corrected chi connectivity index (χ1v) is 7.71. The fourth-order valence-corrected chi connectivity index (χ4v) is 2.34. The maximum atomic E-state index is 11.6. The lowest BCUT2D eigenvalue weighted by Gasteiger charge is -2.17. The zero-order valence-electron chi connectivity index (χ0n) is 12.4. The second-order valence-corrected chi connectivity index (χ2v) is 5.40. The molecule has 114 valence electrons. The second kappa shape index (κ2) is 11.0. The van der Waals surface area contributed by atoms with E-state index >= 15 is 0 Å². The van der Waals surface area contributed by atoms with Gasteiger partial charge in [-0.2, -0.15) is 0 Å². The first-order chi connectivity index (χ1) is 9.15. The van der Waals surface area contributed by atoms with Gasteiger partial charge in [0.25, 0.3) is 0 Å². The van der Waals surface area contributed by atoms with Crippen molar-refractivity contribution in [1.82, 2.24) is 4.90 Å². The lowest BCUT2D eigenvalue weighted by molar-refractivity contribution is -0.140. The van der Waals surface area contributed by atoms with Gasteiger partial charge in [0.05, 0.1) is 5.75 Å². The van der Waals surface area contributed by atoms with Gasteiger partial charge in [-0.25, -0.2) is 0 Å². The van der Waals surface area contributed by atoms with E-state index in [1.54, 1.807) is 0 Å². The summed E-state index contributed by atoms with van der Waals surface area (Å²) in [5.74, 6) is 0.235. The molecule has 0 saturated heterocycles. The summed E-state index contributed by atoms with van der Waals surface area (Å²) in [6, 6.07) is 8.16. The van der Waals surface area contributed by atoms with E-state index in [0.717, 1.165) is 24.5 Å². The van der Waals surface area contributed by atoms with Crippen LogP contribution in [-0.4, -0.2) is 42.9 Å². The maximum Gasteiger partial charge on any atom is 0.316 e. The smallest absolute Gasteiger partial charge is 0.316 e. The molecule has 0 bridgehead atoms. The van der Waals surface area contributed by atoms with E-state index in [2.05, 4.69) is 25.7 Å². The Morgan fingerprint density at radius 1 is 1.20 bits per heavy atom. The van der Waals surface area contributed by atoms with Gasteiger partial charge >= 0.3 is 5.97 Å². The van der Waals surface area contributed by atoms with Crippen LogP contribution < -0.4 is 0 Å². The third-order valence-electron chi connectivity index (χ3n) is 2.94. The molecular weight excluding hydrogens is 294 g/mol. The largest absolute Gasteiger partial charge is 0.464 e. The first kappa shape index (κ1) is 19.3. The Kier molecular flexibility index (Phi) is 10.6. The maximum absolute atomic E-state index is 11.6. The Labute approximate surface area is 132 Å². The molecule has 0 spiro atoms. The predicted molar refractivity (Wildman–Crippen MR) is 87.9 cm³/mol. The van der Waals surface area contributed by atoms with Crippen molar-refractivity contribution in [3.05, 3.63) is 29.8 Å². The van der Waals surface area contributed by atoms with Gasteiger partial charge in [-0.05, 0) is 32.1 Å². The van der Waals surface area contributed by atoms with Gasteiger partial charge in [0.15, 0.2) is 0 Å². The lowest BCUT2D eigenvalue weighted by Crippen LogP contribution is -2.28. The summed E-state index contributed by atoms with van der Waals surface area (Å²) in [6.45, 7) is 9.55. The molecule has 1 aromatic rings. The average molecular weight is 318 g/mol. The predicted octanol–water partition coefficient (Wildman–Crippen LogP) is 3.39. The molecule has 0 aliphatic carbocycles. The minimum Gasteiger partial charge on any atom is -0.464 e. The van der Waals surface area contributed by atoms with Crippen LogP contribution in [0.3, 0.4) is 0 Å². The summed E-state index contributed by atoms with van der Waals surface area (Å²) in [5, 5.41) is 0. The van der Waals surface area contributed by atoms with Gasteiger partial charge in [-0.15, -0.1) is 24.2 Å². The number of esters is 1. The number of thioether (sulfide) groups is 1. The summed E-state index contributed by atoms with van der Waals surface area (Å²) in [4.78, 5) is 14.9. The van der Waals surface area contributed by atoms with E-state index in [4.69, 9.17) is 4.74 Å². The van der Waals surface area contributed by atoms with Crippen LogP contribution in [0.15, 0.2) is 29.2 Å². The minimum absolute atomic E-state index is 0. The molecule has 5 heteroatoms. The topological polar surface area (TPSA) is 29.5 Å². The van der Waals surface area contributed by atoms with Crippen molar-refractivity contribution in [3.8, 4) is 0 Å². The molecule has 0 fully saturated rings. The Balaban J connectivity index is 0.00000361. The van der Waals surface area contributed by atoms with Crippen LogP contribution in [0.25, 0.3) is 0 Å². The molecule has 0 saturated carbocycles. The van der Waals surface area contributed by atoms with Crippen LogP contribution in [0.5, 0.6) is 0 Å². The molecule has 1 aromatic carbocycles. The van der Waals surface area contributed by atoms with Gasteiger partial charge in [0, 0.05) is 11.4 Å². The minimum atomic E-state index is -0.141. The van der Waals surface area contributed by atoms with Crippen molar-refractivity contribution in [2.45, 2.75) is 25.7 Å². The number of carbonyl (C=O) groups excluding carboxylic acids is 1. The van der Waals surface area contributed by atoms with Gasteiger partial charge in [-0.1, -0.05) is 31.5 Å². The van der Waals surface area contributed by atoms with E-state index in [0.29, 0.717) is 12.4 Å². The monoisotopic (exact) mass is 317 g/mol. The Morgan fingerprint density at radius 3 is 2.35 bits per heavy atom. The molecular formula is C15H24ClNO2S. The number of benzene rings is 1. The highest BCUT2D eigenvalue weighted by atomic mass is 35.5. The molecule has 0 unspecified atom stereocenters. The number of halogens is 1. The molecule has 1 rings (SSSR count). The van der Waals surface area contributed by atoms with Gasteiger partial charge in [0.1, 0.15) is 6.61 Å². The number of hydrogen-bond donors (Lipinski definition) is 0.